The van der Waals surface area contributed by atoms with Crippen LogP contribution in [-0.2, 0) is 6.54 Å². The van der Waals surface area contributed by atoms with E-state index in [0.717, 1.165) is 12.8 Å². The summed E-state index contributed by atoms with van der Waals surface area (Å²) in [5.74, 6) is 0.308. The first-order chi connectivity index (χ1) is 8.59. The van der Waals surface area contributed by atoms with Gasteiger partial charge in [0, 0.05) is 37.4 Å². The number of anilines is 1. The maximum Gasteiger partial charge on any atom is 0.170 e. The molecule has 1 aliphatic rings. The van der Waals surface area contributed by atoms with Crippen LogP contribution in [0.4, 0.5) is 10.2 Å². The number of aromatic nitrogens is 1. The highest BCUT2D eigenvalue weighted by Gasteiger charge is 2.25. The SMILES string of the molecule is CC(C)NCc1ccnc(N(C)C2CCC2)c1F. The predicted octanol–water partition coefficient (Wildman–Crippen LogP) is 2.71. The van der Waals surface area contributed by atoms with Gasteiger partial charge < -0.3 is 10.2 Å². The summed E-state index contributed by atoms with van der Waals surface area (Å²) >= 11 is 0. The molecular formula is C14H22FN3. The summed E-state index contributed by atoms with van der Waals surface area (Å²) in [6.45, 7) is 4.67. The van der Waals surface area contributed by atoms with Crippen LogP contribution in [0.5, 0.6) is 0 Å². The van der Waals surface area contributed by atoms with Gasteiger partial charge in [-0.3, -0.25) is 0 Å². The molecule has 0 radical (unpaired) electrons. The zero-order valence-corrected chi connectivity index (χ0v) is 11.4. The summed E-state index contributed by atoms with van der Waals surface area (Å²) in [6.07, 6.45) is 5.23. The van der Waals surface area contributed by atoms with Crippen molar-refractivity contribution in [1.82, 2.24) is 10.3 Å². The fourth-order valence-electron chi connectivity index (χ4n) is 2.11. The van der Waals surface area contributed by atoms with Gasteiger partial charge in [0.15, 0.2) is 11.6 Å². The lowest BCUT2D eigenvalue weighted by Gasteiger charge is -2.35. The van der Waals surface area contributed by atoms with E-state index in [9.17, 15) is 4.39 Å². The average molecular weight is 251 g/mol. The largest absolute Gasteiger partial charge is 0.354 e. The van der Waals surface area contributed by atoms with E-state index in [0.29, 0.717) is 30.0 Å². The third-order valence-electron chi connectivity index (χ3n) is 3.61. The molecule has 0 aliphatic heterocycles. The van der Waals surface area contributed by atoms with Gasteiger partial charge in [0.25, 0.3) is 0 Å². The highest BCUT2D eigenvalue weighted by molar-refractivity contribution is 5.43. The number of halogens is 1. The quantitative estimate of drug-likeness (QED) is 0.872. The summed E-state index contributed by atoms with van der Waals surface area (Å²) in [7, 11) is 1.94. The Morgan fingerprint density at radius 1 is 1.50 bits per heavy atom. The van der Waals surface area contributed by atoms with Crippen LogP contribution >= 0.6 is 0 Å². The van der Waals surface area contributed by atoms with E-state index in [1.54, 1.807) is 12.3 Å². The first-order valence-corrected chi connectivity index (χ1v) is 6.69. The molecule has 1 aromatic rings. The van der Waals surface area contributed by atoms with E-state index < -0.39 is 0 Å². The summed E-state index contributed by atoms with van der Waals surface area (Å²) in [6, 6.07) is 2.56. The Morgan fingerprint density at radius 3 is 2.78 bits per heavy atom. The maximum atomic E-state index is 14.4. The topological polar surface area (TPSA) is 28.2 Å². The lowest BCUT2D eigenvalue weighted by Crippen LogP contribution is -2.38. The van der Waals surface area contributed by atoms with Crippen LogP contribution in [0.25, 0.3) is 0 Å². The van der Waals surface area contributed by atoms with Gasteiger partial charge >= 0.3 is 0 Å². The zero-order chi connectivity index (χ0) is 13.1. The summed E-state index contributed by atoms with van der Waals surface area (Å²) in [5.41, 5.74) is 0.694. The van der Waals surface area contributed by atoms with Crippen LogP contribution in [0, 0.1) is 5.82 Å². The Bertz CT molecular complexity index is 402. The fourth-order valence-corrected chi connectivity index (χ4v) is 2.11. The second-order valence-corrected chi connectivity index (χ2v) is 5.34. The highest BCUT2D eigenvalue weighted by atomic mass is 19.1. The molecule has 0 saturated heterocycles. The first kappa shape index (κ1) is 13.3. The second kappa shape index (κ2) is 5.65. The van der Waals surface area contributed by atoms with Gasteiger partial charge in [-0.15, -0.1) is 0 Å². The van der Waals surface area contributed by atoms with Gasteiger partial charge in [-0.2, -0.15) is 0 Å². The van der Waals surface area contributed by atoms with E-state index >= 15 is 0 Å². The Morgan fingerprint density at radius 2 is 2.22 bits per heavy atom. The molecule has 0 aromatic carbocycles. The van der Waals surface area contributed by atoms with Crippen molar-refractivity contribution in [2.45, 2.75) is 51.7 Å². The standard InChI is InChI=1S/C14H22FN3/c1-10(2)17-9-11-7-8-16-14(13(11)15)18(3)12-5-4-6-12/h7-8,10,12,17H,4-6,9H2,1-3H3. The van der Waals surface area contributed by atoms with Gasteiger partial charge in [-0.05, 0) is 25.3 Å². The van der Waals surface area contributed by atoms with E-state index in [1.807, 2.05) is 11.9 Å². The van der Waals surface area contributed by atoms with Crippen molar-refractivity contribution < 1.29 is 4.39 Å². The molecule has 0 spiro atoms. The molecule has 0 atom stereocenters. The highest BCUT2D eigenvalue weighted by Crippen LogP contribution is 2.29. The van der Waals surface area contributed by atoms with Gasteiger partial charge in [0.1, 0.15) is 0 Å². The monoisotopic (exact) mass is 251 g/mol. The Labute approximate surface area is 108 Å². The maximum absolute atomic E-state index is 14.4. The number of nitrogens with zero attached hydrogens (tertiary/aromatic N) is 2. The fraction of sp³-hybridized carbons (Fsp3) is 0.643. The van der Waals surface area contributed by atoms with Gasteiger partial charge in [0.05, 0.1) is 0 Å². The summed E-state index contributed by atoms with van der Waals surface area (Å²) in [5, 5.41) is 3.24. The molecule has 1 heterocycles. The molecule has 1 aliphatic carbocycles. The van der Waals surface area contributed by atoms with Crippen molar-refractivity contribution >= 4 is 5.82 Å². The molecule has 1 fully saturated rings. The van der Waals surface area contributed by atoms with Crippen molar-refractivity contribution in [2.24, 2.45) is 0 Å². The third-order valence-corrected chi connectivity index (χ3v) is 3.61. The molecule has 0 unspecified atom stereocenters. The zero-order valence-electron chi connectivity index (χ0n) is 11.4. The molecule has 3 nitrogen and oxygen atoms in total. The van der Waals surface area contributed by atoms with Crippen molar-refractivity contribution in [3.8, 4) is 0 Å². The lowest BCUT2D eigenvalue weighted by molar-refractivity contribution is 0.394. The summed E-state index contributed by atoms with van der Waals surface area (Å²) < 4.78 is 14.4. The molecule has 100 valence electrons. The molecular weight excluding hydrogens is 229 g/mol. The Balaban J connectivity index is 2.13. The lowest BCUT2D eigenvalue weighted by atomic mass is 9.92. The minimum Gasteiger partial charge on any atom is -0.354 e. The molecule has 1 saturated carbocycles. The first-order valence-electron chi connectivity index (χ1n) is 6.69. The molecule has 0 amide bonds. The van der Waals surface area contributed by atoms with Crippen LogP contribution < -0.4 is 10.2 Å². The molecule has 2 rings (SSSR count). The van der Waals surface area contributed by atoms with Crippen molar-refractivity contribution in [3.63, 3.8) is 0 Å². The van der Waals surface area contributed by atoms with Gasteiger partial charge in [-0.25, -0.2) is 9.37 Å². The van der Waals surface area contributed by atoms with E-state index in [1.165, 1.54) is 6.42 Å². The molecule has 1 N–H and O–H groups in total. The number of nitrogens with one attached hydrogen (secondary N) is 1. The van der Waals surface area contributed by atoms with E-state index in [4.69, 9.17) is 0 Å². The molecule has 4 heteroatoms. The average Bonchev–Trinajstić information content (AvgIpc) is 2.25. The molecule has 18 heavy (non-hydrogen) atoms. The van der Waals surface area contributed by atoms with E-state index in [2.05, 4.69) is 24.1 Å². The minimum atomic E-state index is -0.181. The Kier molecular flexibility index (Phi) is 4.17. The minimum absolute atomic E-state index is 0.181. The Hall–Kier alpha value is -1.16. The predicted molar refractivity (Wildman–Crippen MR) is 72.2 cm³/mol. The van der Waals surface area contributed by atoms with Crippen LogP contribution in [0.15, 0.2) is 12.3 Å². The summed E-state index contributed by atoms with van der Waals surface area (Å²) in [4.78, 5) is 6.18. The number of hydrogen-bond acceptors (Lipinski definition) is 3. The third kappa shape index (κ3) is 2.80. The van der Waals surface area contributed by atoms with Crippen LogP contribution in [0.1, 0.15) is 38.7 Å². The van der Waals surface area contributed by atoms with Crippen molar-refractivity contribution in [1.29, 1.82) is 0 Å². The molecule has 0 bridgehead atoms. The number of rotatable bonds is 5. The van der Waals surface area contributed by atoms with Gasteiger partial charge in [0.2, 0.25) is 0 Å². The van der Waals surface area contributed by atoms with Crippen LogP contribution in [0.3, 0.4) is 0 Å². The smallest absolute Gasteiger partial charge is 0.170 e. The molecule has 1 aromatic heterocycles. The van der Waals surface area contributed by atoms with Crippen LogP contribution in [0.2, 0.25) is 0 Å². The second-order valence-electron chi connectivity index (χ2n) is 5.34. The normalized spacial score (nSPS) is 15.8. The number of hydrogen-bond donors (Lipinski definition) is 1. The number of pyridine rings is 1. The van der Waals surface area contributed by atoms with Crippen molar-refractivity contribution in [3.05, 3.63) is 23.6 Å². The van der Waals surface area contributed by atoms with E-state index in [-0.39, 0.29) is 5.82 Å². The van der Waals surface area contributed by atoms with Gasteiger partial charge in [-0.1, -0.05) is 13.8 Å². The van der Waals surface area contributed by atoms with Crippen LogP contribution in [-0.4, -0.2) is 24.1 Å². The van der Waals surface area contributed by atoms with Crippen molar-refractivity contribution in [2.75, 3.05) is 11.9 Å².